The molecule has 0 bridgehead atoms. The lowest BCUT2D eigenvalue weighted by Gasteiger charge is -2.31. The average Bonchev–Trinajstić information content (AvgIpc) is 2.85. The second-order valence-corrected chi connectivity index (χ2v) is 7.78. The lowest BCUT2D eigenvalue weighted by molar-refractivity contribution is -0.143. The van der Waals surface area contributed by atoms with E-state index in [-0.39, 0.29) is 25.0 Å². The summed E-state index contributed by atoms with van der Waals surface area (Å²) in [6.45, 7) is 0.718. The van der Waals surface area contributed by atoms with Gasteiger partial charge in [0.05, 0.1) is 6.61 Å². The van der Waals surface area contributed by atoms with Gasteiger partial charge in [-0.25, -0.2) is 0 Å². The molecule has 172 valence electrons. The van der Waals surface area contributed by atoms with Crippen LogP contribution in [0.1, 0.15) is 17.2 Å². The molecule has 1 atom stereocenters. The molecule has 0 aliphatic rings. The molecule has 3 rings (SSSR count). The first kappa shape index (κ1) is 24.3. The molecule has 0 heterocycles. The second kappa shape index (κ2) is 12.6. The van der Waals surface area contributed by atoms with Gasteiger partial charge in [0.2, 0.25) is 5.91 Å². The molecule has 0 aromatic heterocycles. The van der Waals surface area contributed by atoms with Crippen LogP contribution in [-0.2, 0) is 20.9 Å². The summed E-state index contributed by atoms with van der Waals surface area (Å²) in [6, 6.07) is 24.7. The zero-order valence-corrected chi connectivity index (χ0v) is 19.2. The molecule has 0 saturated carbocycles. The molecule has 0 saturated heterocycles. The third-order valence-electron chi connectivity index (χ3n) is 4.97. The van der Waals surface area contributed by atoms with Crippen LogP contribution in [0.15, 0.2) is 84.9 Å². The summed E-state index contributed by atoms with van der Waals surface area (Å²) in [5.74, 6) is -0.0251. The lowest BCUT2D eigenvalue weighted by Crippen LogP contribution is -2.45. The summed E-state index contributed by atoms with van der Waals surface area (Å²) in [4.78, 5) is 28.2. The number of ether oxygens (including phenoxy) is 2. The third-order valence-corrected chi connectivity index (χ3v) is 5.22. The van der Waals surface area contributed by atoms with Crippen LogP contribution >= 0.6 is 11.6 Å². The van der Waals surface area contributed by atoms with Gasteiger partial charge >= 0.3 is 0 Å². The number of hydrogen-bond donors (Lipinski definition) is 1. The zero-order chi connectivity index (χ0) is 23.5. The van der Waals surface area contributed by atoms with Gasteiger partial charge in [0.25, 0.3) is 5.91 Å². The zero-order valence-electron chi connectivity index (χ0n) is 18.4. The van der Waals surface area contributed by atoms with Crippen molar-refractivity contribution in [2.45, 2.75) is 12.6 Å². The molecule has 0 spiro atoms. The Morgan fingerprint density at radius 3 is 2.21 bits per heavy atom. The number of benzene rings is 3. The van der Waals surface area contributed by atoms with Crippen LogP contribution in [0.2, 0.25) is 5.02 Å². The number of rotatable bonds is 11. The first-order chi connectivity index (χ1) is 16.1. The van der Waals surface area contributed by atoms with Crippen LogP contribution in [0, 0.1) is 0 Å². The van der Waals surface area contributed by atoms with Gasteiger partial charge in [-0.3, -0.25) is 9.59 Å². The Morgan fingerprint density at radius 2 is 1.58 bits per heavy atom. The van der Waals surface area contributed by atoms with Crippen molar-refractivity contribution in [2.24, 2.45) is 0 Å². The maximum Gasteiger partial charge on any atom is 0.261 e. The highest BCUT2D eigenvalue weighted by Gasteiger charge is 2.31. The minimum absolute atomic E-state index is 0.202. The van der Waals surface area contributed by atoms with Crippen molar-refractivity contribution in [3.63, 3.8) is 0 Å². The Hall–Kier alpha value is -3.35. The number of nitrogens with one attached hydrogen (secondary N) is 1. The summed E-state index contributed by atoms with van der Waals surface area (Å²) in [5.41, 5.74) is 1.55. The number of methoxy groups -OCH3 is 1. The van der Waals surface area contributed by atoms with E-state index in [1.165, 1.54) is 4.90 Å². The minimum atomic E-state index is -0.842. The molecule has 0 aliphatic heterocycles. The van der Waals surface area contributed by atoms with Gasteiger partial charge < -0.3 is 19.7 Å². The van der Waals surface area contributed by atoms with Crippen molar-refractivity contribution in [1.29, 1.82) is 0 Å². The lowest BCUT2D eigenvalue weighted by atomic mass is 10.0. The van der Waals surface area contributed by atoms with Gasteiger partial charge in [-0.2, -0.15) is 0 Å². The first-order valence-electron chi connectivity index (χ1n) is 10.6. The number of amides is 2. The fourth-order valence-electron chi connectivity index (χ4n) is 3.34. The molecule has 0 radical (unpaired) electrons. The number of hydrogen-bond acceptors (Lipinski definition) is 4. The molecule has 33 heavy (non-hydrogen) atoms. The Labute approximate surface area is 199 Å². The Morgan fingerprint density at radius 1 is 0.939 bits per heavy atom. The highest BCUT2D eigenvalue weighted by Crippen LogP contribution is 2.25. The number of carbonyl (C=O) groups is 2. The van der Waals surface area contributed by atoms with Crippen LogP contribution in [-0.4, -0.2) is 43.6 Å². The normalized spacial score (nSPS) is 11.5. The van der Waals surface area contributed by atoms with E-state index in [1.807, 2.05) is 60.7 Å². The SMILES string of the molecule is COCCNC(=O)[C@@H](c1ccccc1)N(Cc1ccc(Cl)cc1)C(=O)COc1ccccc1. The van der Waals surface area contributed by atoms with Crippen molar-refractivity contribution in [3.8, 4) is 5.75 Å². The largest absolute Gasteiger partial charge is 0.484 e. The molecule has 2 amide bonds. The van der Waals surface area contributed by atoms with Crippen LogP contribution in [0.4, 0.5) is 0 Å². The molecule has 1 N–H and O–H groups in total. The van der Waals surface area contributed by atoms with Crippen molar-refractivity contribution in [2.75, 3.05) is 26.9 Å². The van der Waals surface area contributed by atoms with Crippen LogP contribution < -0.4 is 10.1 Å². The summed E-state index contributed by atoms with van der Waals surface area (Å²) < 4.78 is 10.8. The maximum atomic E-state index is 13.4. The smallest absolute Gasteiger partial charge is 0.261 e. The van der Waals surface area contributed by atoms with Crippen molar-refractivity contribution < 1.29 is 19.1 Å². The molecule has 0 fully saturated rings. The fourth-order valence-corrected chi connectivity index (χ4v) is 3.46. The number of carbonyl (C=O) groups excluding carboxylic acids is 2. The number of para-hydroxylation sites is 1. The predicted octanol–water partition coefficient (Wildman–Crippen LogP) is 4.25. The molecule has 7 heteroatoms. The average molecular weight is 467 g/mol. The Balaban J connectivity index is 1.90. The molecule has 3 aromatic rings. The van der Waals surface area contributed by atoms with Gasteiger partial charge in [-0.1, -0.05) is 72.3 Å². The van der Waals surface area contributed by atoms with Gasteiger partial charge in [-0.15, -0.1) is 0 Å². The highest BCUT2D eigenvalue weighted by molar-refractivity contribution is 6.30. The fraction of sp³-hybridized carbons (Fsp3) is 0.231. The summed E-state index contributed by atoms with van der Waals surface area (Å²) in [7, 11) is 1.57. The topological polar surface area (TPSA) is 67.9 Å². The standard InChI is InChI=1S/C26H27ClN2O4/c1-32-17-16-28-26(31)25(21-8-4-2-5-9-21)29(18-20-12-14-22(27)15-13-20)24(30)19-33-23-10-6-3-7-11-23/h2-15,25H,16-19H2,1H3,(H,28,31)/t25-/m1/s1. The van der Waals surface area contributed by atoms with E-state index in [0.717, 1.165) is 5.56 Å². The molecular weight excluding hydrogens is 440 g/mol. The van der Waals surface area contributed by atoms with E-state index in [0.29, 0.717) is 29.5 Å². The van der Waals surface area contributed by atoms with Gasteiger partial charge in [0.15, 0.2) is 6.61 Å². The maximum absolute atomic E-state index is 13.4. The van der Waals surface area contributed by atoms with Crippen molar-refractivity contribution in [3.05, 3.63) is 101 Å². The number of nitrogens with zero attached hydrogens (tertiary/aromatic N) is 1. The molecular formula is C26H27ClN2O4. The second-order valence-electron chi connectivity index (χ2n) is 7.35. The third kappa shape index (κ3) is 7.34. The van der Waals surface area contributed by atoms with E-state index < -0.39 is 6.04 Å². The molecule has 0 aliphatic carbocycles. The van der Waals surface area contributed by atoms with Crippen LogP contribution in [0.25, 0.3) is 0 Å². The molecule has 6 nitrogen and oxygen atoms in total. The monoisotopic (exact) mass is 466 g/mol. The van der Waals surface area contributed by atoms with Crippen molar-refractivity contribution in [1.82, 2.24) is 10.2 Å². The Kier molecular flexibility index (Phi) is 9.30. The van der Waals surface area contributed by atoms with Gasteiger partial charge in [0.1, 0.15) is 11.8 Å². The first-order valence-corrected chi connectivity index (χ1v) is 11.0. The van der Waals surface area contributed by atoms with Crippen LogP contribution in [0.5, 0.6) is 5.75 Å². The summed E-state index contributed by atoms with van der Waals surface area (Å²) in [6.07, 6.45) is 0. The highest BCUT2D eigenvalue weighted by atomic mass is 35.5. The van der Waals surface area contributed by atoms with E-state index in [4.69, 9.17) is 21.1 Å². The summed E-state index contributed by atoms with van der Waals surface area (Å²) in [5, 5.41) is 3.46. The van der Waals surface area contributed by atoms with E-state index >= 15 is 0 Å². The number of halogens is 1. The van der Waals surface area contributed by atoms with E-state index in [2.05, 4.69) is 5.32 Å². The van der Waals surface area contributed by atoms with E-state index in [9.17, 15) is 9.59 Å². The molecule has 3 aromatic carbocycles. The molecule has 0 unspecified atom stereocenters. The summed E-state index contributed by atoms with van der Waals surface area (Å²) >= 11 is 6.03. The van der Waals surface area contributed by atoms with Crippen LogP contribution in [0.3, 0.4) is 0 Å². The van der Waals surface area contributed by atoms with Gasteiger partial charge in [0, 0.05) is 25.2 Å². The predicted molar refractivity (Wildman–Crippen MR) is 128 cm³/mol. The van der Waals surface area contributed by atoms with Gasteiger partial charge in [-0.05, 0) is 35.4 Å². The van der Waals surface area contributed by atoms with Crippen molar-refractivity contribution >= 4 is 23.4 Å². The quantitative estimate of drug-likeness (QED) is 0.429. The minimum Gasteiger partial charge on any atom is -0.484 e. The van der Waals surface area contributed by atoms with E-state index in [1.54, 1.807) is 31.4 Å². The Bertz CT molecular complexity index is 1010.